The van der Waals surface area contributed by atoms with Crippen LogP contribution < -0.4 is 16.0 Å². The van der Waals surface area contributed by atoms with E-state index in [0.717, 1.165) is 25.1 Å². The topological polar surface area (TPSA) is 70.2 Å². The summed E-state index contributed by atoms with van der Waals surface area (Å²) in [5, 5.41) is 9.08. The number of carbonyl (C=O) groups is 2. The third-order valence-corrected chi connectivity index (χ3v) is 4.27. The molecule has 1 heterocycles. The normalized spacial score (nSPS) is 15.0. The van der Waals surface area contributed by atoms with Gasteiger partial charge in [-0.1, -0.05) is 43.7 Å². The minimum atomic E-state index is -0.542. The van der Waals surface area contributed by atoms with Crippen molar-refractivity contribution >= 4 is 24.2 Å². The zero-order valence-electron chi connectivity index (χ0n) is 15.1. The van der Waals surface area contributed by atoms with E-state index in [0.29, 0.717) is 12.1 Å². The first-order valence-corrected chi connectivity index (χ1v) is 8.52. The third-order valence-electron chi connectivity index (χ3n) is 4.27. The van der Waals surface area contributed by atoms with Crippen LogP contribution in [0, 0.1) is 12.8 Å². The Labute approximate surface area is 156 Å². The number of amides is 2. The van der Waals surface area contributed by atoms with Crippen molar-refractivity contribution in [3.63, 3.8) is 0 Å². The van der Waals surface area contributed by atoms with Gasteiger partial charge in [-0.05, 0) is 37.4 Å². The molecule has 25 heavy (non-hydrogen) atoms. The van der Waals surface area contributed by atoms with E-state index in [9.17, 15) is 9.59 Å². The Morgan fingerprint density at radius 2 is 1.96 bits per heavy atom. The second-order valence-electron chi connectivity index (χ2n) is 6.54. The van der Waals surface area contributed by atoms with E-state index in [1.807, 2.05) is 39.0 Å². The van der Waals surface area contributed by atoms with Gasteiger partial charge in [-0.2, -0.15) is 0 Å². The van der Waals surface area contributed by atoms with Gasteiger partial charge in [0.1, 0.15) is 6.04 Å². The molecule has 0 saturated carbocycles. The minimum Gasteiger partial charge on any atom is -0.351 e. The van der Waals surface area contributed by atoms with Crippen molar-refractivity contribution in [1.29, 1.82) is 0 Å². The molecule has 1 aromatic rings. The number of nitrogens with one attached hydrogen (secondary N) is 3. The molecule has 1 unspecified atom stereocenters. The van der Waals surface area contributed by atoms with E-state index in [2.05, 4.69) is 22.0 Å². The van der Waals surface area contributed by atoms with E-state index in [-0.39, 0.29) is 30.1 Å². The fourth-order valence-electron chi connectivity index (χ4n) is 2.72. The first kappa shape index (κ1) is 21.2. The van der Waals surface area contributed by atoms with Gasteiger partial charge in [0.2, 0.25) is 5.91 Å². The lowest BCUT2D eigenvalue weighted by Gasteiger charge is -2.23. The molecule has 0 aliphatic carbocycles. The number of hydrogen-bond acceptors (Lipinski definition) is 3. The predicted molar refractivity (Wildman–Crippen MR) is 103 cm³/mol. The zero-order valence-corrected chi connectivity index (χ0v) is 15.9. The smallest absolute Gasteiger partial charge is 0.252 e. The predicted octanol–water partition coefficient (Wildman–Crippen LogP) is 2.21. The molecule has 1 aromatic carbocycles. The molecule has 1 aliphatic heterocycles. The molecule has 2 amide bonds. The number of aryl methyl sites for hydroxylation is 1. The summed E-state index contributed by atoms with van der Waals surface area (Å²) in [6.45, 7) is 8.10. The molecule has 1 atom stereocenters. The maximum Gasteiger partial charge on any atom is 0.252 e. The van der Waals surface area contributed by atoms with E-state index in [1.54, 1.807) is 6.07 Å². The van der Waals surface area contributed by atoms with Crippen molar-refractivity contribution in [1.82, 2.24) is 16.0 Å². The van der Waals surface area contributed by atoms with Gasteiger partial charge in [0.15, 0.2) is 0 Å². The van der Waals surface area contributed by atoms with Crippen LogP contribution in [0.15, 0.2) is 35.9 Å². The summed E-state index contributed by atoms with van der Waals surface area (Å²) in [6.07, 6.45) is 3.06. The van der Waals surface area contributed by atoms with E-state index in [1.165, 1.54) is 5.57 Å². The molecule has 0 spiro atoms. The van der Waals surface area contributed by atoms with Gasteiger partial charge in [-0.3, -0.25) is 9.59 Å². The van der Waals surface area contributed by atoms with Gasteiger partial charge in [-0.25, -0.2) is 0 Å². The third kappa shape index (κ3) is 6.18. The second kappa shape index (κ2) is 10.2. The van der Waals surface area contributed by atoms with Gasteiger partial charge in [0, 0.05) is 18.7 Å². The Morgan fingerprint density at radius 1 is 1.24 bits per heavy atom. The maximum atomic E-state index is 12.5. The molecule has 6 heteroatoms. The minimum absolute atomic E-state index is 0. The highest BCUT2D eigenvalue weighted by atomic mass is 35.5. The quantitative estimate of drug-likeness (QED) is 0.677. The largest absolute Gasteiger partial charge is 0.351 e. The van der Waals surface area contributed by atoms with Crippen molar-refractivity contribution in [2.75, 3.05) is 19.6 Å². The van der Waals surface area contributed by atoms with Crippen molar-refractivity contribution < 1.29 is 9.59 Å². The van der Waals surface area contributed by atoms with Crippen LogP contribution in [-0.2, 0) is 4.79 Å². The molecule has 3 N–H and O–H groups in total. The molecule has 138 valence electrons. The molecule has 5 nitrogen and oxygen atoms in total. The Bertz CT molecular complexity index is 629. The number of carbonyl (C=O) groups excluding carboxylic acids is 2. The molecule has 1 aliphatic rings. The van der Waals surface area contributed by atoms with E-state index in [4.69, 9.17) is 0 Å². The number of hydrogen-bond donors (Lipinski definition) is 3. The average Bonchev–Trinajstić information content (AvgIpc) is 2.58. The highest BCUT2D eigenvalue weighted by Gasteiger charge is 2.25. The van der Waals surface area contributed by atoms with Crippen molar-refractivity contribution in [2.24, 2.45) is 5.92 Å². The van der Waals surface area contributed by atoms with Crippen LogP contribution in [-0.4, -0.2) is 37.5 Å². The van der Waals surface area contributed by atoms with Crippen molar-refractivity contribution in [3.05, 3.63) is 47.0 Å². The lowest BCUT2D eigenvalue weighted by Crippen LogP contribution is -2.50. The van der Waals surface area contributed by atoms with E-state index < -0.39 is 6.04 Å². The Kier molecular flexibility index (Phi) is 8.66. The molecule has 0 fully saturated rings. The van der Waals surface area contributed by atoms with E-state index >= 15 is 0 Å². The molecule has 0 aromatic heterocycles. The SMILES string of the molecule is Cc1ccccc1C(=O)NC(C(=O)NCC1=CCNCC1)C(C)C.Cl. The Balaban J connectivity index is 0.00000312. The van der Waals surface area contributed by atoms with Crippen LogP contribution >= 0.6 is 12.4 Å². The summed E-state index contributed by atoms with van der Waals surface area (Å²) >= 11 is 0. The highest BCUT2D eigenvalue weighted by Crippen LogP contribution is 2.10. The van der Waals surface area contributed by atoms with Gasteiger partial charge in [0.05, 0.1) is 0 Å². The maximum absolute atomic E-state index is 12.5. The fraction of sp³-hybridized carbons (Fsp3) is 0.474. The summed E-state index contributed by atoms with van der Waals surface area (Å²) in [5.41, 5.74) is 2.74. The van der Waals surface area contributed by atoms with Gasteiger partial charge in [0.25, 0.3) is 5.91 Å². The van der Waals surface area contributed by atoms with Crippen LogP contribution in [0.25, 0.3) is 0 Å². The molecule has 0 radical (unpaired) electrons. The van der Waals surface area contributed by atoms with Crippen LogP contribution in [0.4, 0.5) is 0 Å². The van der Waals surface area contributed by atoms with Gasteiger partial charge in [-0.15, -0.1) is 12.4 Å². The molecule has 2 rings (SSSR count). The Hall–Kier alpha value is -1.85. The Morgan fingerprint density at radius 3 is 2.56 bits per heavy atom. The van der Waals surface area contributed by atoms with Crippen LogP contribution in [0.1, 0.15) is 36.2 Å². The van der Waals surface area contributed by atoms with Crippen molar-refractivity contribution in [3.8, 4) is 0 Å². The lowest BCUT2D eigenvalue weighted by atomic mass is 10.0. The monoisotopic (exact) mass is 365 g/mol. The van der Waals surface area contributed by atoms with Crippen molar-refractivity contribution in [2.45, 2.75) is 33.2 Å². The summed E-state index contributed by atoms with van der Waals surface area (Å²) in [7, 11) is 0. The summed E-state index contributed by atoms with van der Waals surface area (Å²) in [4.78, 5) is 25.0. The number of rotatable bonds is 6. The van der Waals surface area contributed by atoms with Gasteiger partial charge < -0.3 is 16.0 Å². The zero-order chi connectivity index (χ0) is 17.5. The second-order valence-corrected chi connectivity index (χ2v) is 6.54. The summed E-state index contributed by atoms with van der Waals surface area (Å²) in [6, 6.07) is 6.85. The van der Waals surface area contributed by atoms with Crippen LogP contribution in [0.5, 0.6) is 0 Å². The molecule has 0 bridgehead atoms. The standard InChI is InChI=1S/C19H27N3O2.ClH/c1-13(2)17(19(24)21-12-15-8-10-20-11-9-15)22-18(23)16-7-5-4-6-14(16)3;/h4-8,13,17,20H,9-12H2,1-3H3,(H,21,24)(H,22,23);1H. The first-order valence-electron chi connectivity index (χ1n) is 8.52. The molecular weight excluding hydrogens is 338 g/mol. The molecular formula is C19H28ClN3O2. The summed E-state index contributed by atoms with van der Waals surface area (Å²) < 4.78 is 0. The lowest BCUT2D eigenvalue weighted by molar-refractivity contribution is -0.123. The summed E-state index contributed by atoms with van der Waals surface area (Å²) in [5.74, 6) is -0.325. The molecule has 0 saturated heterocycles. The van der Waals surface area contributed by atoms with Gasteiger partial charge >= 0.3 is 0 Å². The fourth-order valence-corrected chi connectivity index (χ4v) is 2.72. The average molecular weight is 366 g/mol. The van der Waals surface area contributed by atoms with Crippen LogP contribution in [0.3, 0.4) is 0 Å². The number of benzene rings is 1. The highest BCUT2D eigenvalue weighted by molar-refractivity contribution is 5.98. The number of halogens is 1. The van der Waals surface area contributed by atoms with Crippen LogP contribution in [0.2, 0.25) is 0 Å². The first-order chi connectivity index (χ1) is 11.5.